The summed E-state index contributed by atoms with van der Waals surface area (Å²) < 4.78 is 0. The minimum absolute atomic E-state index is 0.00180. The number of carboxylic acid groups (broad SMARTS) is 1. The van der Waals surface area contributed by atoms with Crippen molar-refractivity contribution in [2.24, 2.45) is 5.16 Å². The Hall–Kier alpha value is -1.70. The van der Waals surface area contributed by atoms with Crippen molar-refractivity contribution in [1.29, 1.82) is 0 Å². The second-order valence-electron chi connectivity index (χ2n) is 2.84. The van der Waals surface area contributed by atoms with E-state index in [2.05, 4.69) is 15.9 Å². The molecule has 0 atom stereocenters. The van der Waals surface area contributed by atoms with Gasteiger partial charge in [-0.2, -0.15) is 0 Å². The molecule has 0 heterocycles. The zero-order chi connectivity index (χ0) is 12.8. The molecule has 1 aromatic carbocycles. The third-order valence-corrected chi connectivity index (χ3v) is 2.50. The molecule has 6 heteroatoms. The molecule has 0 radical (unpaired) electrons. The van der Waals surface area contributed by atoms with Crippen LogP contribution in [0.3, 0.4) is 0 Å². The number of oxime groups is 1. The Morgan fingerprint density at radius 3 is 2.88 bits per heavy atom. The fraction of sp³-hybridized carbons (Fsp3) is 0.0909. The summed E-state index contributed by atoms with van der Waals surface area (Å²) in [7, 11) is 0. The first kappa shape index (κ1) is 13.4. The highest BCUT2D eigenvalue weighted by molar-refractivity contribution is 6.40. The number of halogens is 2. The zero-order valence-electron chi connectivity index (χ0n) is 8.48. The number of benzene rings is 1. The fourth-order valence-electron chi connectivity index (χ4n) is 1.02. The van der Waals surface area contributed by atoms with Crippen LogP contribution in [0, 0.1) is 12.3 Å². The first-order valence-corrected chi connectivity index (χ1v) is 5.13. The number of hydrogen-bond donors (Lipinski definition) is 1. The Morgan fingerprint density at radius 1 is 1.59 bits per heavy atom. The van der Waals surface area contributed by atoms with Gasteiger partial charge in [0.15, 0.2) is 6.61 Å². The van der Waals surface area contributed by atoms with E-state index < -0.39 is 5.97 Å². The molecule has 0 aliphatic carbocycles. The number of carboxylic acids is 1. The van der Waals surface area contributed by atoms with Gasteiger partial charge in [-0.05, 0) is 12.1 Å². The molecule has 0 aliphatic heterocycles. The number of hydrogen-bond acceptors (Lipinski definition) is 3. The summed E-state index contributed by atoms with van der Waals surface area (Å²) in [6.07, 6.45) is 6.17. The van der Waals surface area contributed by atoms with Crippen molar-refractivity contribution in [3.05, 3.63) is 33.3 Å². The topological polar surface area (TPSA) is 58.9 Å². The lowest BCUT2D eigenvalue weighted by molar-refractivity contribution is 0.0697. The lowest BCUT2D eigenvalue weighted by Crippen LogP contribution is -2.00. The van der Waals surface area contributed by atoms with E-state index in [0.29, 0.717) is 0 Å². The molecule has 17 heavy (non-hydrogen) atoms. The molecule has 1 aromatic rings. The van der Waals surface area contributed by atoms with Gasteiger partial charge in [0.05, 0.1) is 21.8 Å². The van der Waals surface area contributed by atoms with Gasteiger partial charge in [0.2, 0.25) is 0 Å². The van der Waals surface area contributed by atoms with Gasteiger partial charge in [-0.25, -0.2) is 4.79 Å². The average molecular weight is 272 g/mol. The van der Waals surface area contributed by atoms with Crippen molar-refractivity contribution in [3.63, 3.8) is 0 Å². The monoisotopic (exact) mass is 271 g/mol. The minimum atomic E-state index is -1.15. The van der Waals surface area contributed by atoms with Crippen LogP contribution < -0.4 is 0 Å². The van der Waals surface area contributed by atoms with E-state index in [-0.39, 0.29) is 27.8 Å². The van der Waals surface area contributed by atoms with Gasteiger partial charge in [-0.15, -0.1) is 6.42 Å². The van der Waals surface area contributed by atoms with E-state index in [1.807, 2.05) is 0 Å². The van der Waals surface area contributed by atoms with Gasteiger partial charge in [0.25, 0.3) is 0 Å². The molecule has 88 valence electrons. The smallest absolute Gasteiger partial charge is 0.337 e. The fourth-order valence-corrected chi connectivity index (χ4v) is 1.57. The molecule has 1 N–H and O–H groups in total. The second-order valence-corrected chi connectivity index (χ2v) is 3.62. The maximum atomic E-state index is 10.8. The molecule has 0 saturated carbocycles. The number of nitrogens with zero attached hydrogens (tertiary/aromatic N) is 1. The first-order valence-electron chi connectivity index (χ1n) is 4.38. The SMILES string of the molecule is C#CCO/N=C/c1c(Cl)ccc(C(=O)O)c1Cl. The maximum Gasteiger partial charge on any atom is 0.337 e. The molecule has 0 unspecified atom stereocenters. The zero-order valence-corrected chi connectivity index (χ0v) is 10.00. The van der Waals surface area contributed by atoms with Crippen molar-refractivity contribution < 1.29 is 14.7 Å². The van der Waals surface area contributed by atoms with Gasteiger partial charge >= 0.3 is 5.97 Å². The Kier molecular flexibility index (Phi) is 4.83. The van der Waals surface area contributed by atoms with Crippen molar-refractivity contribution >= 4 is 35.4 Å². The van der Waals surface area contributed by atoms with E-state index in [1.54, 1.807) is 0 Å². The summed E-state index contributed by atoms with van der Waals surface area (Å²) >= 11 is 11.7. The quantitative estimate of drug-likeness (QED) is 0.397. The number of carbonyl (C=O) groups is 1. The molecular weight excluding hydrogens is 265 g/mol. The number of aromatic carboxylic acids is 1. The van der Waals surface area contributed by atoms with Gasteiger partial charge < -0.3 is 9.94 Å². The molecule has 0 fully saturated rings. The summed E-state index contributed by atoms with van der Waals surface area (Å²) in [4.78, 5) is 15.5. The molecular formula is C11H7Cl2NO3. The van der Waals surface area contributed by atoms with Crippen LogP contribution in [0.25, 0.3) is 0 Å². The third-order valence-electron chi connectivity index (χ3n) is 1.76. The largest absolute Gasteiger partial charge is 0.478 e. The molecule has 0 amide bonds. The molecule has 0 bridgehead atoms. The van der Waals surface area contributed by atoms with E-state index in [0.717, 1.165) is 0 Å². The van der Waals surface area contributed by atoms with Gasteiger partial charge in [-0.1, -0.05) is 34.3 Å². The number of terminal acetylenes is 1. The lowest BCUT2D eigenvalue weighted by atomic mass is 10.1. The van der Waals surface area contributed by atoms with Crippen LogP contribution in [0.4, 0.5) is 0 Å². The highest BCUT2D eigenvalue weighted by atomic mass is 35.5. The van der Waals surface area contributed by atoms with Gasteiger partial charge in [-0.3, -0.25) is 0 Å². The predicted molar refractivity (Wildman–Crippen MR) is 65.8 cm³/mol. The third kappa shape index (κ3) is 3.38. The Morgan fingerprint density at radius 2 is 2.29 bits per heavy atom. The van der Waals surface area contributed by atoms with E-state index in [9.17, 15) is 4.79 Å². The van der Waals surface area contributed by atoms with Crippen LogP contribution in [0.2, 0.25) is 10.0 Å². The highest BCUT2D eigenvalue weighted by Crippen LogP contribution is 2.26. The molecule has 0 spiro atoms. The van der Waals surface area contributed by atoms with E-state index in [1.165, 1.54) is 18.3 Å². The van der Waals surface area contributed by atoms with Gasteiger partial charge in [0.1, 0.15) is 0 Å². The molecule has 0 aliphatic rings. The Bertz CT molecular complexity index is 506. The second kappa shape index (κ2) is 6.14. The van der Waals surface area contributed by atoms with Crippen LogP contribution >= 0.6 is 23.2 Å². The molecule has 0 saturated heterocycles. The summed E-state index contributed by atoms with van der Waals surface area (Å²) in [6.45, 7) is 0.00432. The van der Waals surface area contributed by atoms with Crippen molar-refractivity contribution in [3.8, 4) is 12.3 Å². The van der Waals surface area contributed by atoms with Crippen molar-refractivity contribution in [2.45, 2.75) is 0 Å². The molecule has 0 aromatic heterocycles. The minimum Gasteiger partial charge on any atom is -0.478 e. The van der Waals surface area contributed by atoms with Crippen molar-refractivity contribution in [2.75, 3.05) is 6.61 Å². The van der Waals surface area contributed by atoms with Crippen LogP contribution in [0.5, 0.6) is 0 Å². The van der Waals surface area contributed by atoms with Crippen LogP contribution in [0.1, 0.15) is 15.9 Å². The Balaban J connectivity index is 3.06. The lowest BCUT2D eigenvalue weighted by Gasteiger charge is -2.04. The van der Waals surface area contributed by atoms with Crippen molar-refractivity contribution in [1.82, 2.24) is 0 Å². The number of rotatable bonds is 4. The summed E-state index contributed by atoms with van der Waals surface area (Å²) in [6, 6.07) is 2.73. The first-order chi connectivity index (χ1) is 8.07. The summed E-state index contributed by atoms with van der Waals surface area (Å²) in [5.74, 6) is 1.07. The van der Waals surface area contributed by atoms with Crippen LogP contribution in [-0.4, -0.2) is 23.9 Å². The van der Waals surface area contributed by atoms with E-state index >= 15 is 0 Å². The maximum absolute atomic E-state index is 10.8. The molecule has 1 rings (SSSR count). The Labute approximate surface area is 108 Å². The normalized spacial score (nSPS) is 10.2. The highest BCUT2D eigenvalue weighted by Gasteiger charge is 2.14. The average Bonchev–Trinajstić information content (AvgIpc) is 2.27. The van der Waals surface area contributed by atoms with Crippen LogP contribution in [-0.2, 0) is 4.84 Å². The van der Waals surface area contributed by atoms with Crippen LogP contribution in [0.15, 0.2) is 17.3 Å². The van der Waals surface area contributed by atoms with Gasteiger partial charge in [0, 0.05) is 5.56 Å². The predicted octanol–water partition coefficient (Wildman–Crippen LogP) is 2.68. The summed E-state index contributed by atoms with van der Waals surface area (Å²) in [5.41, 5.74) is 0.208. The standard InChI is InChI=1S/C11H7Cl2NO3/c1-2-5-17-14-6-8-9(12)4-3-7(10(8)13)11(15)16/h1,3-4,6H,5H2,(H,15,16)/b14-6+. The van der Waals surface area contributed by atoms with E-state index in [4.69, 9.17) is 34.7 Å². The summed E-state index contributed by atoms with van der Waals surface area (Å²) in [5, 5.41) is 12.7. The molecule has 4 nitrogen and oxygen atoms in total.